The van der Waals surface area contributed by atoms with Crippen LogP contribution in [0.1, 0.15) is 18.2 Å². The van der Waals surface area contributed by atoms with Crippen LogP contribution in [0.5, 0.6) is 0 Å². The van der Waals surface area contributed by atoms with Crippen LogP contribution in [-0.2, 0) is 14.8 Å². The molecule has 1 aliphatic rings. The molecule has 0 bridgehead atoms. The number of nitrogens with zero attached hydrogens (tertiary/aromatic N) is 2. The van der Waals surface area contributed by atoms with Gasteiger partial charge in [0, 0.05) is 19.5 Å². The first kappa shape index (κ1) is 18.5. The van der Waals surface area contributed by atoms with Gasteiger partial charge in [-0.3, -0.25) is 14.3 Å². The number of nitrogens with one attached hydrogen (secondary N) is 1. The molecule has 1 aromatic carbocycles. The Balaban J connectivity index is 1.82. The highest BCUT2D eigenvalue weighted by molar-refractivity contribution is 7.89. The molecule has 0 spiro atoms. The van der Waals surface area contributed by atoms with Crippen LogP contribution in [0.4, 0.5) is 4.39 Å². The topological polar surface area (TPSA) is 101 Å². The monoisotopic (exact) mass is 383 g/mol. The molecular formula is C16H18FN3O5S. The van der Waals surface area contributed by atoms with Crippen molar-refractivity contribution in [2.24, 2.45) is 0 Å². The fourth-order valence-corrected chi connectivity index (χ4v) is 4.17. The second kappa shape index (κ2) is 7.14. The van der Waals surface area contributed by atoms with Gasteiger partial charge in [-0.15, -0.1) is 0 Å². The summed E-state index contributed by atoms with van der Waals surface area (Å²) in [6.07, 6.45) is 0.0407. The third-order valence-corrected chi connectivity index (χ3v) is 6.08. The first-order valence-electron chi connectivity index (χ1n) is 7.98. The molecule has 2 aromatic rings. The van der Waals surface area contributed by atoms with Gasteiger partial charge in [-0.05, 0) is 19.1 Å². The largest absolute Gasteiger partial charge is 0.356 e. The number of hydrogen-bond acceptors (Lipinski definition) is 5. The zero-order chi connectivity index (χ0) is 18.9. The van der Waals surface area contributed by atoms with Crippen molar-refractivity contribution in [2.45, 2.75) is 24.5 Å². The van der Waals surface area contributed by atoms with E-state index in [1.54, 1.807) is 12.1 Å². The normalized spacial score (nSPS) is 19.2. The Labute approximate surface area is 148 Å². The number of benzene rings is 1. The molecule has 0 amide bonds. The van der Waals surface area contributed by atoms with Crippen LogP contribution >= 0.6 is 0 Å². The molecule has 1 unspecified atom stereocenters. The van der Waals surface area contributed by atoms with Gasteiger partial charge in [0.15, 0.2) is 0 Å². The van der Waals surface area contributed by atoms with Crippen molar-refractivity contribution in [1.29, 1.82) is 0 Å². The number of sulfonamides is 1. The van der Waals surface area contributed by atoms with Crippen LogP contribution in [0.25, 0.3) is 0 Å². The number of rotatable bonds is 3. The zero-order valence-electron chi connectivity index (χ0n) is 14.0. The fourth-order valence-electron chi connectivity index (χ4n) is 2.73. The van der Waals surface area contributed by atoms with E-state index in [-0.39, 0.29) is 31.0 Å². The maximum atomic E-state index is 13.5. The van der Waals surface area contributed by atoms with Gasteiger partial charge in [0.2, 0.25) is 15.8 Å². The molecular weight excluding hydrogens is 365 g/mol. The molecule has 0 aliphatic carbocycles. The minimum absolute atomic E-state index is 0.0307. The number of aromatic amines is 1. The van der Waals surface area contributed by atoms with Crippen LogP contribution in [0.15, 0.2) is 44.9 Å². The Bertz CT molecular complexity index is 1010. The molecule has 3 rings (SSSR count). The van der Waals surface area contributed by atoms with E-state index in [1.807, 2.05) is 11.9 Å². The van der Waals surface area contributed by atoms with Gasteiger partial charge in [-0.25, -0.2) is 13.2 Å². The number of aromatic nitrogens is 2. The van der Waals surface area contributed by atoms with E-state index in [4.69, 9.17) is 4.74 Å². The number of aryl methyl sites for hydroxylation is 1. The number of hydrogen-bond donors (Lipinski definition) is 1. The molecule has 8 nitrogen and oxygen atoms in total. The highest BCUT2D eigenvalue weighted by Gasteiger charge is 2.29. The van der Waals surface area contributed by atoms with Gasteiger partial charge < -0.3 is 4.74 Å². The fraction of sp³-hybridized carbons (Fsp3) is 0.375. The zero-order valence-corrected chi connectivity index (χ0v) is 14.8. The lowest BCUT2D eigenvalue weighted by Crippen LogP contribution is -2.35. The minimum Gasteiger partial charge on any atom is -0.356 e. The number of H-pyrrole nitrogens is 1. The summed E-state index contributed by atoms with van der Waals surface area (Å²) in [4.78, 5) is 25.0. The van der Waals surface area contributed by atoms with Gasteiger partial charge in [0.05, 0.1) is 17.7 Å². The summed E-state index contributed by atoms with van der Waals surface area (Å²) in [5, 5.41) is 0. The number of halogens is 1. The van der Waals surface area contributed by atoms with Crippen molar-refractivity contribution in [3.05, 3.63) is 62.7 Å². The van der Waals surface area contributed by atoms with E-state index >= 15 is 0 Å². The average Bonchev–Trinajstić information content (AvgIpc) is 2.85. The quantitative estimate of drug-likeness (QED) is 0.836. The first-order chi connectivity index (χ1) is 12.3. The molecule has 1 fully saturated rings. The summed E-state index contributed by atoms with van der Waals surface area (Å²) in [5.41, 5.74) is -0.970. The summed E-state index contributed by atoms with van der Waals surface area (Å²) < 4.78 is 46.7. The van der Waals surface area contributed by atoms with Crippen molar-refractivity contribution in [3.63, 3.8) is 0 Å². The van der Waals surface area contributed by atoms with E-state index in [1.165, 1.54) is 16.4 Å². The summed E-state index contributed by atoms with van der Waals surface area (Å²) >= 11 is 0. The molecule has 26 heavy (non-hydrogen) atoms. The van der Waals surface area contributed by atoms with Crippen molar-refractivity contribution in [1.82, 2.24) is 13.9 Å². The minimum atomic E-state index is -3.70. The van der Waals surface area contributed by atoms with E-state index in [0.29, 0.717) is 0 Å². The molecule has 1 N–H and O–H groups in total. The predicted molar refractivity (Wildman–Crippen MR) is 90.8 cm³/mol. The highest BCUT2D eigenvalue weighted by Crippen LogP contribution is 2.22. The molecule has 0 radical (unpaired) electrons. The maximum Gasteiger partial charge on any atom is 0.330 e. The van der Waals surface area contributed by atoms with Gasteiger partial charge in [0.1, 0.15) is 6.23 Å². The van der Waals surface area contributed by atoms with Crippen LogP contribution in [0.3, 0.4) is 0 Å². The lowest BCUT2D eigenvalue weighted by atomic mass is 10.2. The third-order valence-electron chi connectivity index (χ3n) is 4.17. The Morgan fingerprint density at radius 2 is 1.88 bits per heavy atom. The second-order valence-electron chi connectivity index (χ2n) is 5.97. The molecule has 2 heterocycles. The molecule has 1 aliphatic heterocycles. The molecule has 1 aromatic heterocycles. The average molecular weight is 383 g/mol. The van der Waals surface area contributed by atoms with Crippen LogP contribution < -0.4 is 11.2 Å². The third kappa shape index (κ3) is 3.62. The van der Waals surface area contributed by atoms with Crippen LogP contribution in [-0.4, -0.2) is 42.0 Å². The Kier molecular flexibility index (Phi) is 5.08. The Morgan fingerprint density at radius 1 is 1.19 bits per heavy atom. The van der Waals surface area contributed by atoms with E-state index in [2.05, 4.69) is 0 Å². The molecule has 0 saturated carbocycles. The van der Waals surface area contributed by atoms with Crippen LogP contribution in [0, 0.1) is 12.7 Å². The van der Waals surface area contributed by atoms with Gasteiger partial charge in [-0.2, -0.15) is 8.70 Å². The maximum absolute atomic E-state index is 13.5. The summed E-state index contributed by atoms with van der Waals surface area (Å²) in [6.45, 7) is 2.09. The van der Waals surface area contributed by atoms with Crippen molar-refractivity contribution in [3.8, 4) is 0 Å². The van der Waals surface area contributed by atoms with Crippen LogP contribution in [0.2, 0.25) is 0 Å². The standard InChI is InChI=1S/C16H18FN3O5S/c1-11-2-4-12(5-3-11)26(23,24)19-7-6-14(25-9-8-19)20-10-13(17)15(21)18-16(20)22/h2-5,10,14H,6-9H2,1H3,(H,18,21,22). The SMILES string of the molecule is Cc1ccc(S(=O)(=O)N2CCOC(n3cc(F)c(=O)[nH]c3=O)CC2)cc1. The van der Waals surface area contributed by atoms with Crippen molar-refractivity contribution in [2.75, 3.05) is 19.7 Å². The highest BCUT2D eigenvalue weighted by atomic mass is 32.2. The Hall–Kier alpha value is -2.30. The van der Waals surface area contributed by atoms with E-state index in [0.717, 1.165) is 16.3 Å². The molecule has 1 saturated heterocycles. The van der Waals surface area contributed by atoms with Gasteiger partial charge >= 0.3 is 5.69 Å². The lowest BCUT2D eigenvalue weighted by Gasteiger charge is -2.20. The van der Waals surface area contributed by atoms with Gasteiger partial charge in [0.25, 0.3) is 5.56 Å². The summed E-state index contributed by atoms with van der Waals surface area (Å²) in [6, 6.07) is 6.50. The van der Waals surface area contributed by atoms with E-state index < -0.39 is 33.3 Å². The van der Waals surface area contributed by atoms with Crippen molar-refractivity contribution < 1.29 is 17.5 Å². The lowest BCUT2D eigenvalue weighted by molar-refractivity contribution is 0.00755. The molecule has 1 atom stereocenters. The summed E-state index contributed by atoms with van der Waals surface area (Å²) in [7, 11) is -3.70. The molecule has 140 valence electrons. The first-order valence-corrected chi connectivity index (χ1v) is 9.42. The number of ether oxygens (including phenoxy) is 1. The summed E-state index contributed by atoms with van der Waals surface area (Å²) in [5.74, 6) is -1.11. The Morgan fingerprint density at radius 3 is 2.58 bits per heavy atom. The smallest absolute Gasteiger partial charge is 0.330 e. The van der Waals surface area contributed by atoms with Gasteiger partial charge in [-0.1, -0.05) is 17.7 Å². The van der Waals surface area contributed by atoms with Crippen molar-refractivity contribution >= 4 is 10.0 Å². The van der Waals surface area contributed by atoms with E-state index in [9.17, 15) is 22.4 Å². The predicted octanol–water partition coefficient (Wildman–Crippen LogP) is 0.594. The molecule has 10 heteroatoms. The second-order valence-corrected chi connectivity index (χ2v) is 7.91.